The summed E-state index contributed by atoms with van der Waals surface area (Å²) in [6.45, 7) is 4.33. The molecule has 3 N–H and O–H groups in total. The molecular formula is C26H28F3N7O6. The largest absolute Gasteiger partial charge is 0.490 e. The third-order valence-corrected chi connectivity index (χ3v) is 7.77. The highest BCUT2D eigenvalue weighted by Crippen LogP contribution is 2.32. The molecule has 1 aliphatic carbocycles. The van der Waals surface area contributed by atoms with Crippen LogP contribution in [0.1, 0.15) is 59.0 Å². The van der Waals surface area contributed by atoms with Gasteiger partial charge in [0.15, 0.2) is 5.69 Å². The van der Waals surface area contributed by atoms with Gasteiger partial charge >= 0.3 is 12.1 Å². The van der Waals surface area contributed by atoms with Crippen LogP contribution in [0, 0.1) is 5.92 Å². The third kappa shape index (κ3) is 6.12. The van der Waals surface area contributed by atoms with E-state index < -0.39 is 24.1 Å². The molecule has 3 unspecified atom stereocenters. The van der Waals surface area contributed by atoms with E-state index in [1.807, 2.05) is 12.1 Å². The average molecular weight is 592 g/mol. The van der Waals surface area contributed by atoms with Crippen molar-refractivity contribution in [2.24, 2.45) is 5.92 Å². The first-order valence-electron chi connectivity index (χ1n) is 13.4. The number of piperidine rings is 1. The number of rotatable bonds is 5. The van der Waals surface area contributed by atoms with Crippen LogP contribution in [0.3, 0.4) is 0 Å². The summed E-state index contributed by atoms with van der Waals surface area (Å²) < 4.78 is 33.2. The van der Waals surface area contributed by atoms with E-state index in [2.05, 4.69) is 32.8 Å². The van der Waals surface area contributed by atoms with Crippen molar-refractivity contribution >= 4 is 29.6 Å². The van der Waals surface area contributed by atoms with E-state index in [4.69, 9.17) is 9.90 Å². The van der Waals surface area contributed by atoms with Crippen molar-refractivity contribution < 1.29 is 42.3 Å². The summed E-state index contributed by atoms with van der Waals surface area (Å²) in [5.41, 5.74) is 2.10. The normalized spacial score (nSPS) is 24.1. The monoisotopic (exact) mass is 591 g/mol. The van der Waals surface area contributed by atoms with Gasteiger partial charge in [0, 0.05) is 43.7 Å². The lowest BCUT2D eigenvalue weighted by molar-refractivity contribution is -0.192. The number of carboxylic acids is 1. The first-order valence-corrected chi connectivity index (χ1v) is 13.4. The van der Waals surface area contributed by atoms with Crippen LogP contribution in [0.4, 0.5) is 13.2 Å². The Morgan fingerprint density at radius 2 is 1.83 bits per heavy atom. The fourth-order valence-corrected chi connectivity index (χ4v) is 5.35. The first kappa shape index (κ1) is 29.2. The maximum Gasteiger partial charge on any atom is 0.490 e. The van der Waals surface area contributed by atoms with Crippen LogP contribution in [0.5, 0.6) is 0 Å². The van der Waals surface area contributed by atoms with Crippen LogP contribution in [0.15, 0.2) is 24.4 Å². The zero-order valence-electron chi connectivity index (χ0n) is 22.4. The van der Waals surface area contributed by atoms with E-state index >= 15 is 0 Å². The van der Waals surface area contributed by atoms with Gasteiger partial charge in [0.25, 0.3) is 11.8 Å². The van der Waals surface area contributed by atoms with Crippen molar-refractivity contribution in [3.63, 3.8) is 0 Å². The predicted octanol–water partition coefficient (Wildman–Crippen LogP) is 0.874. The van der Waals surface area contributed by atoms with Crippen molar-refractivity contribution in [3.8, 4) is 5.69 Å². The number of nitrogens with zero attached hydrogens (tertiary/aromatic N) is 5. The van der Waals surface area contributed by atoms with Crippen LogP contribution < -0.4 is 10.6 Å². The van der Waals surface area contributed by atoms with E-state index in [1.54, 1.807) is 12.3 Å². The number of alkyl halides is 3. The summed E-state index contributed by atoms with van der Waals surface area (Å²) in [5, 5.41) is 20.7. The number of aromatic nitrogens is 3. The second-order valence-corrected chi connectivity index (χ2v) is 10.8. The van der Waals surface area contributed by atoms with Crippen LogP contribution in [0.25, 0.3) is 5.69 Å². The Balaban J connectivity index is 0.000000451. The molecule has 3 atom stereocenters. The third-order valence-electron chi connectivity index (χ3n) is 7.77. The van der Waals surface area contributed by atoms with Gasteiger partial charge in [0.05, 0.1) is 11.9 Å². The van der Waals surface area contributed by atoms with E-state index in [1.165, 1.54) is 22.4 Å². The number of amides is 4. The van der Waals surface area contributed by atoms with Gasteiger partial charge in [-0.3, -0.25) is 29.4 Å². The summed E-state index contributed by atoms with van der Waals surface area (Å²) >= 11 is 0. The van der Waals surface area contributed by atoms with Crippen molar-refractivity contribution in [2.45, 2.75) is 63.5 Å². The van der Waals surface area contributed by atoms with Crippen molar-refractivity contribution in [3.05, 3.63) is 41.2 Å². The number of carboxylic acid groups (broad SMARTS) is 1. The number of fused-ring (bicyclic) bond motifs is 1. The number of nitrogens with one attached hydrogen (secondary N) is 2. The van der Waals surface area contributed by atoms with Gasteiger partial charge in [-0.25, -0.2) is 9.48 Å². The molecule has 4 amide bonds. The summed E-state index contributed by atoms with van der Waals surface area (Å²) in [6, 6.07) is 5.43. The van der Waals surface area contributed by atoms with Crippen LogP contribution in [0.2, 0.25) is 0 Å². The van der Waals surface area contributed by atoms with Gasteiger partial charge in [-0.15, -0.1) is 5.10 Å². The first-order chi connectivity index (χ1) is 19.8. The summed E-state index contributed by atoms with van der Waals surface area (Å²) in [6.07, 6.45) is -0.500. The highest BCUT2D eigenvalue weighted by molar-refractivity contribution is 6.05. The maximum absolute atomic E-state index is 13.1. The summed E-state index contributed by atoms with van der Waals surface area (Å²) in [4.78, 5) is 62.5. The minimum atomic E-state index is -5.08. The number of hydrogen-bond donors (Lipinski definition) is 3. The average Bonchev–Trinajstić information content (AvgIpc) is 3.40. The van der Waals surface area contributed by atoms with Crippen LogP contribution in [-0.4, -0.2) is 96.9 Å². The number of likely N-dealkylation sites (tertiary alicyclic amines) is 1. The van der Waals surface area contributed by atoms with Gasteiger partial charge in [-0.2, -0.15) is 13.2 Å². The molecule has 42 heavy (non-hydrogen) atoms. The molecule has 224 valence electrons. The lowest BCUT2D eigenvalue weighted by Crippen LogP contribution is -2.52. The molecule has 1 saturated carbocycles. The Labute approximate surface area is 237 Å². The van der Waals surface area contributed by atoms with Crippen LogP contribution in [-0.2, 0) is 20.9 Å². The van der Waals surface area contributed by atoms with Gasteiger partial charge in [0.2, 0.25) is 11.8 Å². The molecule has 3 fully saturated rings. The molecular weight excluding hydrogens is 563 g/mol. The molecule has 16 heteroatoms. The molecule has 1 aromatic heterocycles. The molecule has 4 heterocycles. The number of hydrogen-bond acceptors (Lipinski definition) is 8. The molecule has 2 aromatic rings. The van der Waals surface area contributed by atoms with Crippen LogP contribution >= 0.6 is 0 Å². The van der Waals surface area contributed by atoms with E-state index in [-0.39, 0.29) is 35.9 Å². The SMILES string of the molecule is CC1CN(C2CC2)CC1NC(=O)c1cn(-c2ccc3c(c2)C(=O)N(C2CCC(=O)NC2=O)C3)nn1.O=C(O)C(F)(F)F. The quantitative estimate of drug-likeness (QED) is 0.428. The minimum Gasteiger partial charge on any atom is -0.475 e. The molecule has 0 bridgehead atoms. The number of imide groups is 1. The smallest absolute Gasteiger partial charge is 0.475 e. The number of carbonyl (C=O) groups excluding carboxylic acids is 4. The van der Waals surface area contributed by atoms with Crippen molar-refractivity contribution in [1.82, 2.24) is 35.4 Å². The lowest BCUT2D eigenvalue weighted by Gasteiger charge is -2.29. The maximum atomic E-state index is 13.1. The molecule has 3 aliphatic heterocycles. The van der Waals surface area contributed by atoms with Crippen molar-refractivity contribution in [1.29, 1.82) is 0 Å². The molecule has 13 nitrogen and oxygen atoms in total. The van der Waals surface area contributed by atoms with Gasteiger partial charge in [-0.1, -0.05) is 18.2 Å². The fraction of sp³-hybridized carbons (Fsp3) is 0.500. The Morgan fingerprint density at radius 3 is 2.48 bits per heavy atom. The van der Waals surface area contributed by atoms with Gasteiger partial charge < -0.3 is 15.3 Å². The van der Waals surface area contributed by atoms with E-state index in [9.17, 15) is 32.3 Å². The Hall–Kier alpha value is -4.34. The minimum absolute atomic E-state index is 0.0872. The highest BCUT2D eigenvalue weighted by Gasteiger charge is 2.41. The number of halogens is 3. The second-order valence-electron chi connectivity index (χ2n) is 10.8. The van der Waals surface area contributed by atoms with Gasteiger partial charge in [-0.05, 0) is 42.9 Å². The van der Waals surface area contributed by atoms with Crippen molar-refractivity contribution in [2.75, 3.05) is 13.1 Å². The number of carbonyl (C=O) groups is 5. The molecule has 0 radical (unpaired) electrons. The molecule has 6 rings (SSSR count). The zero-order chi connectivity index (χ0) is 30.3. The highest BCUT2D eigenvalue weighted by atomic mass is 19.4. The number of aliphatic carboxylic acids is 1. The molecule has 0 spiro atoms. The molecule has 2 saturated heterocycles. The van der Waals surface area contributed by atoms with Gasteiger partial charge in [0.1, 0.15) is 6.04 Å². The number of benzene rings is 1. The standard InChI is InChI=1S/C24H27N7O4.C2HF3O2/c1-13-9-29(15-4-5-15)11-18(13)25-22(33)19-12-31(28-27-19)16-3-2-14-10-30(24(35)17(14)8-16)20-6-7-21(32)26-23(20)34;3-2(4,5)1(6)7/h2-3,8,12-13,15,18,20H,4-7,9-11H2,1H3,(H,25,33)(H,26,32,34);(H,6,7). The fourth-order valence-electron chi connectivity index (χ4n) is 5.35. The second kappa shape index (κ2) is 11.2. The Bertz CT molecular complexity index is 1440. The predicted molar refractivity (Wildman–Crippen MR) is 136 cm³/mol. The Kier molecular flexibility index (Phi) is 7.74. The van der Waals surface area contributed by atoms with E-state index in [0.717, 1.165) is 18.7 Å². The van der Waals surface area contributed by atoms with E-state index in [0.29, 0.717) is 36.2 Å². The lowest BCUT2D eigenvalue weighted by atomic mass is 10.0. The zero-order valence-corrected chi connectivity index (χ0v) is 22.4. The topological polar surface area (TPSA) is 167 Å². The molecule has 1 aromatic carbocycles. The summed E-state index contributed by atoms with van der Waals surface area (Å²) in [5.74, 6) is -3.65. The molecule has 4 aliphatic rings. The summed E-state index contributed by atoms with van der Waals surface area (Å²) in [7, 11) is 0. The Morgan fingerprint density at radius 1 is 1.12 bits per heavy atom.